The van der Waals surface area contributed by atoms with Crippen molar-refractivity contribution < 1.29 is 18.0 Å². The Balaban J connectivity index is 1.79. The summed E-state index contributed by atoms with van der Waals surface area (Å²) in [5, 5.41) is 7.22. The van der Waals surface area contributed by atoms with Crippen LogP contribution < -0.4 is 4.31 Å². The Morgan fingerprint density at radius 2 is 1.79 bits per heavy atom. The van der Waals surface area contributed by atoms with Gasteiger partial charge in [0.05, 0.1) is 17.0 Å². The summed E-state index contributed by atoms with van der Waals surface area (Å²) >= 11 is 9.01. The predicted octanol–water partition coefficient (Wildman–Crippen LogP) is 6.84. The van der Waals surface area contributed by atoms with Gasteiger partial charge in [-0.15, -0.1) is 0 Å². The molecule has 0 aromatic heterocycles. The lowest BCUT2D eigenvalue weighted by molar-refractivity contribution is -0.137. The van der Waals surface area contributed by atoms with E-state index in [1.165, 1.54) is 16.4 Å². The van der Waals surface area contributed by atoms with Gasteiger partial charge in [0.15, 0.2) is 0 Å². The Bertz CT molecular complexity index is 1020. The van der Waals surface area contributed by atoms with Gasteiger partial charge in [-0.2, -0.15) is 30.0 Å². The van der Waals surface area contributed by atoms with E-state index in [1.807, 2.05) is 24.3 Å². The first-order valence-corrected chi connectivity index (χ1v) is 13.7. The fraction of sp³-hybridized carbons (Fsp3) is 0.417. The van der Waals surface area contributed by atoms with Crippen molar-refractivity contribution in [2.75, 3.05) is 35.7 Å². The number of nitrogens with zero attached hydrogens (tertiary/aromatic N) is 3. The highest BCUT2D eigenvalue weighted by Gasteiger charge is 2.39. The SMILES string of the molecule is CSCCCC1(C)CN(CC(=O)N(SC)c2ccc(C(F)(F)F)cc2)N=C1c1ccc(Cl)cc1. The van der Waals surface area contributed by atoms with Gasteiger partial charge in [-0.3, -0.25) is 14.1 Å². The normalized spacial score (nSPS) is 18.2. The van der Waals surface area contributed by atoms with Gasteiger partial charge in [0.25, 0.3) is 5.91 Å². The van der Waals surface area contributed by atoms with Gasteiger partial charge >= 0.3 is 6.18 Å². The van der Waals surface area contributed by atoms with E-state index in [2.05, 4.69) is 13.2 Å². The number of anilines is 1. The van der Waals surface area contributed by atoms with Crippen molar-refractivity contribution in [3.63, 3.8) is 0 Å². The number of hydrazone groups is 1. The molecular formula is C24H27ClF3N3OS2. The molecule has 0 radical (unpaired) electrons. The molecule has 1 atom stereocenters. The molecule has 1 heterocycles. The number of amides is 1. The van der Waals surface area contributed by atoms with E-state index in [0.29, 0.717) is 17.3 Å². The molecule has 1 aliphatic heterocycles. The zero-order valence-corrected chi connectivity index (χ0v) is 21.6. The van der Waals surface area contributed by atoms with E-state index in [9.17, 15) is 18.0 Å². The number of rotatable bonds is 9. The van der Waals surface area contributed by atoms with Crippen LogP contribution in [-0.2, 0) is 11.0 Å². The molecule has 0 saturated heterocycles. The summed E-state index contributed by atoms with van der Waals surface area (Å²) in [6.07, 6.45) is 1.32. The average Bonchev–Trinajstić information content (AvgIpc) is 3.10. The standard InChI is InChI=1S/C24H27ClF3N3OS2/c1-23(13-4-14-33-2)16-30(29-22(23)17-5-9-19(25)10-6-17)15-21(32)31(34-3)20-11-7-18(8-12-20)24(26,27)28/h5-12H,4,13-16H2,1-3H3. The largest absolute Gasteiger partial charge is 0.416 e. The van der Waals surface area contributed by atoms with Gasteiger partial charge in [-0.05, 0) is 78.8 Å². The minimum absolute atomic E-state index is 0.0249. The van der Waals surface area contributed by atoms with Crippen LogP contribution in [0.1, 0.15) is 30.9 Å². The Kier molecular flexibility index (Phi) is 8.87. The molecule has 34 heavy (non-hydrogen) atoms. The Morgan fingerprint density at radius 3 is 2.35 bits per heavy atom. The summed E-state index contributed by atoms with van der Waals surface area (Å²) in [6.45, 7) is 2.77. The van der Waals surface area contributed by atoms with Crippen LogP contribution in [0.3, 0.4) is 0 Å². The second-order valence-electron chi connectivity index (χ2n) is 8.35. The third kappa shape index (κ3) is 6.43. The molecule has 0 fully saturated rings. The maximum atomic E-state index is 13.1. The summed E-state index contributed by atoms with van der Waals surface area (Å²) in [6, 6.07) is 12.1. The minimum Gasteiger partial charge on any atom is -0.286 e. The lowest BCUT2D eigenvalue weighted by Crippen LogP contribution is -2.37. The van der Waals surface area contributed by atoms with Gasteiger partial charge in [0.2, 0.25) is 0 Å². The fourth-order valence-corrected chi connectivity index (χ4v) is 5.19. The Hall–Kier alpha value is -1.84. The van der Waals surface area contributed by atoms with Gasteiger partial charge in [-0.1, -0.05) is 30.7 Å². The Labute approximate surface area is 212 Å². The summed E-state index contributed by atoms with van der Waals surface area (Å²) in [7, 11) is 0. The number of thioether (sulfide) groups is 1. The van der Waals surface area contributed by atoms with E-state index < -0.39 is 11.7 Å². The van der Waals surface area contributed by atoms with Crippen LogP contribution in [0, 0.1) is 5.41 Å². The molecule has 2 aromatic rings. The molecule has 0 aliphatic carbocycles. The molecule has 0 saturated carbocycles. The third-order valence-corrected chi connectivity index (χ3v) is 7.42. The monoisotopic (exact) mass is 529 g/mol. The first-order valence-electron chi connectivity index (χ1n) is 10.7. The molecule has 1 amide bonds. The van der Waals surface area contributed by atoms with Crippen molar-refractivity contribution in [3.05, 3.63) is 64.7 Å². The molecule has 2 aromatic carbocycles. The molecule has 0 N–H and O–H groups in total. The third-order valence-electron chi connectivity index (χ3n) is 5.70. The van der Waals surface area contributed by atoms with Gasteiger partial charge < -0.3 is 0 Å². The molecule has 10 heteroatoms. The quantitative estimate of drug-likeness (QED) is 0.263. The van der Waals surface area contributed by atoms with Crippen LogP contribution >= 0.6 is 35.3 Å². The maximum absolute atomic E-state index is 13.1. The zero-order chi connectivity index (χ0) is 24.9. The highest BCUT2D eigenvalue weighted by molar-refractivity contribution is 8.00. The second-order valence-corrected chi connectivity index (χ2v) is 10.5. The number of halogens is 4. The molecule has 1 unspecified atom stereocenters. The van der Waals surface area contributed by atoms with Crippen LogP contribution in [0.15, 0.2) is 53.6 Å². The average molecular weight is 530 g/mol. The predicted molar refractivity (Wildman–Crippen MR) is 138 cm³/mol. The maximum Gasteiger partial charge on any atom is 0.416 e. The highest BCUT2D eigenvalue weighted by Crippen LogP contribution is 2.37. The van der Waals surface area contributed by atoms with Crippen LogP contribution in [0.5, 0.6) is 0 Å². The van der Waals surface area contributed by atoms with E-state index in [0.717, 1.165) is 54.0 Å². The second kappa shape index (κ2) is 11.3. The summed E-state index contributed by atoms with van der Waals surface area (Å²) in [4.78, 5) is 13.1. The molecule has 0 spiro atoms. The first-order chi connectivity index (χ1) is 16.1. The number of hydrogen-bond acceptors (Lipinski definition) is 5. The summed E-state index contributed by atoms with van der Waals surface area (Å²) in [5.41, 5.74) is 1.30. The van der Waals surface area contributed by atoms with Crippen molar-refractivity contribution in [2.24, 2.45) is 10.5 Å². The molecule has 0 bridgehead atoms. The van der Waals surface area contributed by atoms with Crippen LogP contribution in [0.4, 0.5) is 18.9 Å². The number of carbonyl (C=O) groups is 1. The van der Waals surface area contributed by atoms with Crippen LogP contribution in [0.2, 0.25) is 5.02 Å². The molecular weight excluding hydrogens is 503 g/mol. The van der Waals surface area contributed by atoms with Crippen molar-refractivity contribution in [1.29, 1.82) is 0 Å². The first kappa shape index (κ1) is 26.8. The van der Waals surface area contributed by atoms with Gasteiger partial charge in [-0.25, -0.2) is 0 Å². The van der Waals surface area contributed by atoms with E-state index >= 15 is 0 Å². The van der Waals surface area contributed by atoms with Crippen molar-refractivity contribution in [2.45, 2.75) is 25.9 Å². The Morgan fingerprint density at radius 1 is 1.15 bits per heavy atom. The topological polar surface area (TPSA) is 35.9 Å². The minimum atomic E-state index is -4.42. The highest BCUT2D eigenvalue weighted by atomic mass is 35.5. The van der Waals surface area contributed by atoms with Crippen molar-refractivity contribution in [3.8, 4) is 0 Å². The molecule has 3 rings (SSSR count). The van der Waals surface area contributed by atoms with Gasteiger partial charge in [0, 0.05) is 23.2 Å². The lowest BCUT2D eigenvalue weighted by Gasteiger charge is -2.27. The zero-order valence-electron chi connectivity index (χ0n) is 19.2. The number of alkyl halides is 3. The molecule has 184 valence electrons. The van der Waals surface area contributed by atoms with Crippen molar-refractivity contribution >= 4 is 52.6 Å². The van der Waals surface area contributed by atoms with Gasteiger partial charge in [0.1, 0.15) is 6.54 Å². The van der Waals surface area contributed by atoms with E-state index in [-0.39, 0.29) is 17.9 Å². The van der Waals surface area contributed by atoms with E-state index in [1.54, 1.807) is 23.0 Å². The number of hydrogen-bond donors (Lipinski definition) is 0. The summed E-state index contributed by atoms with van der Waals surface area (Å²) < 4.78 is 40.1. The number of carbonyl (C=O) groups excluding carboxylic acids is 1. The smallest absolute Gasteiger partial charge is 0.286 e. The summed E-state index contributed by atoms with van der Waals surface area (Å²) in [5.74, 6) is 0.788. The molecule has 4 nitrogen and oxygen atoms in total. The number of benzene rings is 2. The van der Waals surface area contributed by atoms with E-state index in [4.69, 9.17) is 16.7 Å². The van der Waals surface area contributed by atoms with Crippen molar-refractivity contribution in [1.82, 2.24) is 5.01 Å². The lowest BCUT2D eigenvalue weighted by atomic mass is 9.78. The molecule has 1 aliphatic rings. The van der Waals surface area contributed by atoms with Crippen LogP contribution in [-0.4, -0.2) is 48.0 Å². The fourth-order valence-electron chi connectivity index (χ4n) is 4.04. The van der Waals surface area contributed by atoms with Crippen LogP contribution in [0.25, 0.3) is 0 Å².